The van der Waals surface area contributed by atoms with E-state index in [-0.39, 0.29) is 0 Å². The lowest BCUT2D eigenvalue weighted by molar-refractivity contribution is -0.0541. The average molecular weight is 358 g/mol. The van der Waals surface area contributed by atoms with Crippen LogP contribution in [0.3, 0.4) is 0 Å². The Morgan fingerprint density at radius 2 is 1.96 bits per heavy atom. The van der Waals surface area contributed by atoms with Gasteiger partial charge in [-0.1, -0.05) is 23.7 Å². The molecule has 0 aliphatic rings. The number of aliphatic hydroxyl groups is 4. The van der Waals surface area contributed by atoms with Gasteiger partial charge in [-0.05, 0) is 12.1 Å². The molecule has 1 aromatic carbocycles. The van der Waals surface area contributed by atoms with Crippen LogP contribution in [-0.2, 0) is 0 Å². The molecular formula is C14H16ClN3O4S. The number of hydrogen-bond donors (Lipinski definition) is 5. The molecule has 0 radical (unpaired) electrons. The molecule has 124 valence electrons. The number of benzene rings is 1. The summed E-state index contributed by atoms with van der Waals surface area (Å²) >= 11 is 7.15. The number of nitrogens with one attached hydrogen (secondary N) is 1. The highest BCUT2D eigenvalue weighted by molar-refractivity contribution is 7.14. The van der Waals surface area contributed by atoms with Crippen LogP contribution in [0.5, 0.6) is 0 Å². The van der Waals surface area contributed by atoms with Crippen LogP contribution in [0.15, 0.2) is 34.7 Å². The van der Waals surface area contributed by atoms with E-state index in [0.29, 0.717) is 10.2 Å². The van der Waals surface area contributed by atoms with Gasteiger partial charge in [-0.2, -0.15) is 5.10 Å². The fourth-order valence-corrected chi connectivity index (χ4v) is 2.47. The first-order valence-corrected chi connectivity index (χ1v) is 7.92. The predicted octanol–water partition coefficient (Wildman–Crippen LogP) is 0.936. The number of halogens is 1. The Labute approximate surface area is 141 Å². The standard InChI is InChI=1S/C14H16ClN3O4S/c15-9-3-1-8(2-4-9)10-7-23-14(17-10)18-16-5-11(20)13(22)12(21)6-19/h1-5,7,11-13,19-22H,6H2,(H,17,18)/b16-5+/t11-,12-,13+/m1/s1. The third kappa shape index (κ3) is 4.96. The van der Waals surface area contributed by atoms with Gasteiger partial charge in [0.25, 0.3) is 0 Å². The van der Waals surface area contributed by atoms with Gasteiger partial charge in [0.1, 0.15) is 18.3 Å². The number of thiazole rings is 1. The van der Waals surface area contributed by atoms with Gasteiger partial charge in [-0.3, -0.25) is 5.43 Å². The number of aromatic nitrogens is 1. The summed E-state index contributed by atoms with van der Waals surface area (Å²) in [7, 11) is 0. The summed E-state index contributed by atoms with van der Waals surface area (Å²) < 4.78 is 0. The van der Waals surface area contributed by atoms with Crippen molar-refractivity contribution in [1.29, 1.82) is 0 Å². The molecule has 0 aliphatic heterocycles. The topological polar surface area (TPSA) is 118 Å². The van der Waals surface area contributed by atoms with Crippen molar-refractivity contribution in [3.63, 3.8) is 0 Å². The Bertz CT molecular complexity index is 650. The maximum atomic E-state index is 9.57. The van der Waals surface area contributed by atoms with Crippen LogP contribution in [0.4, 0.5) is 5.13 Å². The van der Waals surface area contributed by atoms with Crippen molar-refractivity contribution in [2.45, 2.75) is 18.3 Å². The van der Waals surface area contributed by atoms with Crippen LogP contribution < -0.4 is 5.43 Å². The normalized spacial score (nSPS) is 15.5. The number of rotatable bonds is 7. The van der Waals surface area contributed by atoms with E-state index in [9.17, 15) is 15.3 Å². The van der Waals surface area contributed by atoms with Crippen molar-refractivity contribution in [3.05, 3.63) is 34.7 Å². The second kappa shape index (κ2) is 8.34. The fourth-order valence-electron chi connectivity index (χ4n) is 1.67. The van der Waals surface area contributed by atoms with Crippen molar-refractivity contribution >= 4 is 34.3 Å². The Morgan fingerprint density at radius 3 is 2.61 bits per heavy atom. The second-order valence-corrected chi connectivity index (χ2v) is 5.96. The molecule has 7 nitrogen and oxygen atoms in total. The minimum atomic E-state index is -1.52. The summed E-state index contributed by atoms with van der Waals surface area (Å²) in [6.45, 7) is -0.656. The summed E-state index contributed by atoms with van der Waals surface area (Å²) in [5.74, 6) is 0. The minimum absolute atomic E-state index is 0.496. The predicted molar refractivity (Wildman–Crippen MR) is 89.8 cm³/mol. The van der Waals surface area contributed by atoms with Crippen LogP contribution in [0.1, 0.15) is 0 Å². The molecule has 2 rings (SSSR count). The Hall–Kier alpha value is -1.55. The first-order chi connectivity index (χ1) is 11.0. The van der Waals surface area contributed by atoms with Crippen LogP contribution in [0.2, 0.25) is 5.02 Å². The van der Waals surface area contributed by atoms with Crippen molar-refractivity contribution < 1.29 is 20.4 Å². The number of anilines is 1. The minimum Gasteiger partial charge on any atom is -0.394 e. The molecule has 0 amide bonds. The van der Waals surface area contributed by atoms with E-state index >= 15 is 0 Å². The third-order valence-electron chi connectivity index (χ3n) is 2.96. The smallest absolute Gasteiger partial charge is 0.203 e. The SMILES string of the molecule is OC[C@@H](O)[C@@H](O)[C@H](O)/C=N/Nc1nc(-c2ccc(Cl)cc2)cs1. The highest BCUT2D eigenvalue weighted by atomic mass is 35.5. The van der Waals surface area contributed by atoms with E-state index in [0.717, 1.165) is 17.5 Å². The van der Waals surface area contributed by atoms with Crippen LogP contribution in [0.25, 0.3) is 11.3 Å². The lowest BCUT2D eigenvalue weighted by Crippen LogP contribution is -2.40. The lowest BCUT2D eigenvalue weighted by atomic mass is 10.1. The van der Waals surface area contributed by atoms with Gasteiger partial charge in [0, 0.05) is 16.0 Å². The zero-order valence-corrected chi connectivity index (χ0v) is 13.4. The maximum Gasteiger partial charge on any atom is 0.203 e. The van der Waals surface area contributed by atoms with E-state index in [4.69, 9.17) is 16.7 Å². The molecule has 23 heavy (non-hydrogen) atoms. The molecule has 9 heteroatoms. The van der Waals surface area contributed by atoms with E-state index < -0.39 is 24.9 Å². The Morgan fingerprint density at radius 1 is 1.26 bits per heavy atom. The first kappa shape index (κ1) is 17.8. The molecule has 5 N–H and O–H groups in total. The molecule has 0 spiro atoms. The van der Waals surface area contributed by atoms with E-state index in [2.05, 4.69) is 15.5 Å². The third-order valence-corrected chi connectivity index (χ3v) is 3.96. The molecule has 2 aromatic rings. The molecule has 3 atom stereocenters. The van der Waals surface area contributed by atoms with Gasteiger partial charge in [-0.25, -0.2) is 4.98 Å². The molecule has 0 unspecified atom stereocenters. The molecule has 0 aliphatic carbocycles. The fraction of sp³-hybridized carbons (Fsp3) is 0.286. The van der Waals surface area contributed by atoms with Gasteiger partial charge in [0.15, 0.2) is 0 Å². The van der Waals surface area contributed by atoms with Crippen LogP contribution >= 0.6 is 22.9 Å². The molecule has 0 saturated carbocycles. The largest absolute Gasteiger partial charge is 0.394 e. The number of hydrazone groups is 1. The van der Waals surface area contributed by atoms with Crippen molar-refractivity contribution in [1.82, 2.24) is 4.98 Å². The number of hydrogen-bond acceptors (Lipinski definition) is 8. The zero-order chi connectivity index (χ0) is 16.8. The number of aliphatic hydroxyl groups excluding tert-OH is 4. The molecule has 0 bridgehead atoms. The van der Waals surface area contributed by atoms with Gasteiger partial charge in [-0.15, -0.1) is 11.3 Å². The average Bonchev–Trinajstić information content (AvgIpc) is 3.02. The van der Waals surface area contributed by atoms with Gasteiger partial charge in [0.2, 0.25) is 5.13 Å². The van der Waals surface area contributed by atoms with Crippen molar-refractivity contribution in [3.8, 4) is 11.3 Å². The molecule has 0 fully saturated rings. The van der Waals surface area contributed by atoms with Crippen LogP contribution in [0, 0.1) is 0 Å². The van der Waals surface area contributed by atoms with Crippen molar-refractivity contribution in [2.75, 3.05) is 12.0 Å². The number of nitrogens with zero attached hydrogens (tertiary/aromatic N) is 2. The van der Waals surface area contributed by atoms with E-state index in [1.807, 2.05) is 17.5 Å². The van der Waals surface area contributed by atoms with Crippen molar-refractivity contribution in [2.24, 2.45) is 5.10 Å². The zero-order valence-electron chi connectivity index (χ0n) is 11.9. The summed E-state index contributed by atoms with van der Waals surface area (Å²) in [6, 6.07) is 7.24. The first-order valence-electron chi connectivity index (χ1n) is 6.67. The quantitative estimate of drug-likeness (QED) is 0.372. The second-order valence-electron chi connectivity index (χ2n) is 4.67. The highest BCUT2D eigenvalue weighted by Gasteiger charge is 2.22. The van der Waals surface area contributed by atoms with Gasteiger partial charge in [0.05, 0.1) is 18.5 Å². The lowest BCUT2D eigenvalue weighted by Gasteiger charge is -2.17. The van der Waals surface area contributed by atoms with E-state index in [1.165, 1.54) is 11.3 Å². The summed E-state index contributed by atoms with van der Waals surface area (Å²) in [5, 5.41) is 43.6. The Kier molecular flexibility index (Phi) is 6.46. The van der Waals surface area contributed by atoms with E-state index in [1.54, 1.807) is 12.1 Å². The maximum absolute atomic E-state index is 9.57. The Balaban J connectivity index is 1.94. The monoisotopic (exact) mass is 357 g/mol. The summed E-state index contributed by atoms with van der Waals surface area (Å²) in [6.07, 6.45) is -3.35. The molecule has 0 saturated heterocycles. The van der Waals surface area contributed by atoms with Gasteiger partial charge >= 0.3 is 0 Å². The van der Waals surface area contributed by atoms with Gasteiger partial charge < -0.3 is 20.4 Å². The molecular weight excluding hydrogens is 342 g/mol. The summed E-state index contributed by atoms with van der Waals surface area (Å²) in [4.78, 5) is 4.32. The summed E-state index contributed by atoms with van der Waals surface area (Å²) in [5.41, 5.74) is 4.28. The highest BCUT2D eigenvalue weighted by Crippen LogP contribution is 2.25. The molecule has 1 aromatic heterocycles. The van der Waals surface area contributed by atoms with Crippen LogP contribution in [-0.4, -0.2) is 56.5 Å². The molecule has 1 heterocycles.